The van der Waals surface area contributed by atoms with Gasteiger partial charge in [0.15, 0.2) is 0 Å². The van der Waals surface area contributed by atoms with Gasteiger partial charge in [-0.1, -0.05) is 20.8 Å². The third-order valence-corrected chi connectivity index (χ3v) is 4.71. The minimum absolute atomic E-state index is 0.0788. The molecule has 124 valence electrons. The fourth-order valence-corrected chi connectivity index (χ4v) is 3.34. The lowest BCUT2D eigenvalue weighted by Gasteiger charge is -2.19. The lowest BCUT2D eigenvalue weighted by molar-refractivity contribution is 0.198. The van der Waals surface area contributed by atoms with Gasteiger partial charge in [-0.05, 0) is 29.7 Å². The molecule has 1 aliphatic heterocycles. The summed E-state index contributed by atoms with van der Waals surface area (Å²) >= 11 is 0. The molecular weight excluding hydrogens is 314 g/mol. The molecule has 0 atom stereocenters. The number of anilines is 1. The van der Waals surface area contributed by atoms with Crippen LogP contribution in [-0.2, 0) is 16.6 Å². The zero-order chi connectivity index (χ0) is 16.7. The van der Waals surface area contributed by atoms with Crippen LogP contribution < -0.4 is 9.46 Å². The number of hydrogen-bond donors (Lipinski definition) is 1. The molecule has 0 radical (unpaired) electrons. The smallest absolute Gasteiger partial charge is 0.235 e. The van der Waals surface area contributed by atoms with E-state index in [4.69, 9.17) is 4.74 Å². The first-order chi connectivity index (χ1) is 10.7. The molecule has 0 fully saturated rings. The predicted octanol–water partition coefficient (Wildman–Crippen LogP) is 2.73. The number of fused-ring (bicyclic) bond motifs is 1. The van der Waals surface area contributed by atoms with Gasteiger partial charge in [-0.25, -0.2) is 13.4 Å². The maximum atomic E-state index is 11.8. The molecule has 0 unspecified atom stereocenters. The summed E-state index contributed by atoms with van der Waals surface area (Å²) in [6.07, 6.45) is 1.66. The van der Waals surface area contributed by atoms with Crippen LogP contribution in [0.3, 0.4) is 0 Å². The van der Waals surface area contributed by atoms with Gasteiger partial charge >= 0.3 is 0 Å². The normalized spacial score (nSPS) is 16.5. The summed E-state index contributed by atoms with van der Waals surface area (Å²) < 4.78 is 33.7. The molecule has 1 aliphatic rings. The van der Waals surface area contributed by atoms with Gasteiger partial charge in [0.25, 0.3) is 0 Å². The van der Waals surface area contributed by atoms with E-state index in [1.807, 2.05) is 28.8 Å². The Morgan fingerprint density at radius 2 is 1.96 bits per heavy atom. The van der Waals surface area contributed by atoms with E-state index in [2.05, 4.69) is 30.5 Å². The molecule has 1 aromatic heterocycles. The minimum Gasteiger partial charge on any atom is -0.493 e. The van der Waals surface area contributed by atoms with E-state index >= 15 is 0 Å². The molecule has 2 heterocycles. The maximum absolute atomic E-state index is 11.8. The summed E-state index contributed by atoms with van der Waals surface area (Å²) in [5.41, 5.74) is 1.59. The largest absolute Gasteiger partial charge is 0.493 e. The molecular formula is C16H21N3O3S. The lowest BCUT2D eigenvalue weighted by atomic mass is 9.99. The fourth-order valence-electron chi connectivity index (χ4n) is 2.30. The van der Waals surface area contributed by atoms with Crippen molar-refractivity contribution in [3.8, 4) is 17.0 Å². The standard InChI is InChI=1S/C16H21N3O3S/c1-16(2,3)10-22-13-6-4-12(5-7-13)14-15-18-23(20,21)9-8-19(15)11-17-14/h4-7,11,18H,8-10H2,1-3H3. The predicted molar refractivity (Wildman–Crippen MR) is 90.0 cm³/mol. The number of ether oxygens (including phenoxy) is 1. The zero-order valence-electron chi connectivity index (χ0n) is 13.5. The van der Waals surface area contributed by atoms with E-state index in [0.29, 0.717) is 24.7 Å². The molecule has 23 heavy (non-hydrogen) atoms. The van der Waals surface area contributed by atoms with Crippen LogP contribution >= 0.6 is 0 Å². The summed E-state index contributed by atoms with van der Waals surface area (Å²) in [6, 6.07) is 7.54. The summed E-state index contributed by atoms with van der Waals surface area (Å²) in [5.74, 6) is 1.40. The van der Waals surface area contributed by atoms with Crippen molar-refractivity contribution in [2.45, 2.75) is 27.3 Å². The van der Waals surface area contributed by atoms with Crippen LogP contribution in [0.4, 0.5) is 5.82 Å². The summed E-state index contributed by atoms with van der Waals surface area (Å²) in [7, 11) is -3.27. The van der Waals surface area contributed by atoms with Crippen molar-refractivity contribution in [3.63, 3.8) is 0 Å². The number of rotatable bonds is 3. The molecule has 1 N–H and O–H groups in total. The second-order valence-electron chi connectivity index (χ2n) is 6.93. The van der Waals surface area contributed by atoms with Gasteiger partial charge in [-0.15, -0.1) is 0 Å². The summed E-state index contributed by atoms with van der Waals surface area (Å²) in [4.78, 5) is 4.34. The molecule has 0 aliphatic carbocycles. The minimum atomic E-state index is -3.27. The Balaban J connectivity index is 1.82. The highest BCUT2D eigenvalue weighted by molar-refractivity contribution is 7.92. The molecule has 6 nitrogen and oxygen atoms in total. The van der Waals surface area contributed by atoms with Crippen molar-refractivity contribution in [2.75, 3.05) is 17.1 Å². The molecule has 7 heteroatoms. The van der Waals surface area contributed by atoms with Crippen molar-refractivity contribution in [3.05, 3.63) is 30.6 Å². The topological polar surface area (TPSA) is 73.2 Å². The van der Waals surface area contributed by atoms with Crippen LogP contribution in [0.2, 0.25) is 0 Å². The van der Waals surface area contributed by atoms with Gasteiger partial charge in [0.05, 0.1) is 18.7 Å². The van der Waals surface area contributed by atoms with Crippen LogP contribution in [-0.4, -0.2) is 30.3 Å². The first kappa shape index (κ1) is 15.9. The van der Waals surface area contributed by atoms with E-state index in [-0.39, 0.29) is 11.2 Å². The number of benzene rings is 1. The molecule has 1 aromatic carbocycles. The van der Waals surface area contributed by atoms with Gasteiger partial charge in [-0.2, -0.15) is 0 Å². The van der Waals surface area contributed by atoms with Crippen molar-refractivity contribution < 1.29 is 13.2 Å². The second-order valence-corrected chi connectivity index (χ2v) is 8.77. The number of nitrogens with zero attached hydrogens (tertiary/aromatic N) is 2. The van der Waals surface area contributed by atoms with Gasteiger partial charge in [-0.3, -0.25) is 4.72 Å². The summed E-state index contributed by atoms with van der Waals surface area (Å²) in [5, 5.41) is 0. The van der Waals surface area contributed by atoms with Crippen LogP contribution in [0.5, 0.6) is 5.75 Å². The van der Waals surface area contributed by atoms with Gasteiger partial charge in [0.2, 0.25) is 10.0 Å². The zero-order valence-corrected chi connectivity index (χ0v) is 14.4. The van der Waals surface area contributed by atoms with E-state index in [0.717, 1.165) is 11.3 Å². The molecule has 3 rings (SSSR count). The van der Waals surface area contributed by atoms with Crippen molar-refractivity contribution in [2.24, 2.45) is 5.41 Å². The highest BCUT2D eigenvalue weighted by atomic mass is 32.2. The van der Waals surface area contributed by atoms with Crippen molar-refractivity contribution >= 4 is 15.8 Å². The third-order valence-electron chi connectivity index (χ3n) is 3.49. The van der Waals surface area contributed by atoms with Crippen LogP contribution in [0.15, 0.2) is 30.6 Å². The number of nitrogens with one attached hydrogen (secondary N) is 1. The number of hydrogen-bond acceptors (Lipinski definition) is 4. The number of aryl methyl sites for hydroxylation is 1. The Morgan fingerprint density at radius 1 is 1.26 bits per heavy atom. The highest BCUT2D eigenvalue weighted by Crippen LogP contribution is 2.31. The van der Waals surface area contributed by atoms with Crippen LogP contribution in [0, 0.1) is 5.41 Å². The Labute approximate surface area is 136 Å². The van der Waals surface area contributed by atoms with E-state index in [1.54, 1.807) is 6.33 Å². The van der Waals surface area contributed by atoms with E-state index in [1.165, 1.54) is 0 Å². The fraction of sp³-hybridized carbons (Fsp3) is 0.438. The number of imidazole rings is 1. The third kappa shape index (κ3) is 3.67. The quantitative estimate of drug-likeness (QED) is 0.936. The monoisotopic (exact) mass is 335 g/mol. The van der Waals surface area contributed by atoms with Gasteiger partial charge in [0, 0.05) is 12.1 Å². The Bertz CT molecular complexity index is 802. The average Bonchev–Trinajstić information content (AvgIpc) is 2.86. The molecule has 0 saturated heterocycles. The van der Waals surface area contributed by atoms with Crippen molar-refractivity contribution in [1.29, 1.82) is 0 Å². The van der Waals surface area contributed by atoms with E-state index in [9.17, 15) is 8.42 Å². The molecule has 0 spiro atoms. The first-order valence-corrected chi connectivity index (χ1v) is 9.18. The lowest BCUT2D eigenvalue weighted by Crippen LogP contribution is -2.27. The molecule has 0 saturated carbocycles. The number of sulfonamides is 1. The molecule has 2 aromatic rings. The van der Waals surface area contributed by atoms with E-state index < -0.39 is 10.0 Å². The number of aromatic nitrogens is 2. The first-order valence-electron chi connectivity index (χ1n) is 7.52. The highest BCUT2D eigenvalue weighted by Gasteiger charge is 2.24. The van der Waals surface area contributed by atoms with Gasteiger partial charge in [0.1, 0.15) is 17.3 Å². The Hall–Kier alpha value is -2.02. The maximum Gasteiger partial charge on any atom is 0.235 e. The Morgan fingerprint density at radius 3 is 2.61 bits per heavy atom. The SMILES string of the molecule is CC(C)(C)COc1ccc(-c2ncn3c2NS(=O)(=O)CC3)cc1. The molecule has 0 bridgehead atoms. The van der Waals surface area contributed by atoms with Crippen LogP contribution in [0.1, 0.15) is 20.8 Å². The Kier molecular flexibility index (Phi) is 3.83. The van der Waals surface area contributed by atoms with Crippen molar-refractivity contribution in [1.82, 2.24) is 9.55 Å². The van der Waals surface area contributed by atoms with Gasteiger partial charge < -0.3 is 9.30 Å². The van der Waals surface area contributed by atoms with Crippen LogP contribution in [0.25, 0.3) is 11.3 Å². The summed E-state index contributed by atoms with van der Waals surface area (Å²) in [6.45, 7) is 7.40. The molecule has 0 amide bonds. The average molecular weight is 335 g/mol. The second kappa shape index (κ2) is 5.56.